The van der Waals surface area contributed by atoms with Crippen LogP contribution >= 0.6 is 0 Å². The van der Waals surface area contributed by atoms with Crippen LogP contribution < -0.4 is 0 Å². The van der Waals surface area contributed by atoms with E-state index in [1.54, 1.807) is 0 Å². The van der Waals surface area contributed by atoms with Crippen molar-refractivity contribution in [3.8, 4) is 0 Å². The number of rotatable bonds is 2. The van der Waals surface area contributed by atoms with Crippen molar-refractivity contribution in [2.75, 3.05) is 13.2 Å². The van der Waals surface area contributed by atoms with Gasteiger partial charge in [-0.3, -0.25) is 0 Å². The van der Waals surface area contributed by atoms with Gasteiger partial charge in [0.05, 0.1) is 21.3 Å². The first-order chi connectivity index (χ1) is 7.08. The molecule has 5 heteroatoms. The molecular weight excluding hydrogens is 224 g/mol. The molecule has 1 fully saturated rings. The maximum absolute atomic E-state index is 10.7. The molecule has 3 atom stereocenters. The van der Waals surface area contributed by atoms with Crippen LogP contribution in [0.25, 0.3) is 0 Å². The van der Waals surface area contributed by atoms with Crippen LogP contribution in [0.1, 0.15) is 20.8 Å². The molecule has 0 aromatic heterocycles. The molecule has 0 aromatic carbocycles. The predicted molar refractivity (Wildman–Crippen MR) is 65.0 cm³/mol. The second-order valence-electron chi connectivity index (χ2n) is 6.28. The van der Waals surface area contributed by atoms with Crippen molar-refractivity contribution >= 4 is 8.07 Å². The molecule has 0 spiro atoms. The molecular formula is C11H24O4Si. The fraction of sp³-hybridized carbons (Fsp3) is 1.00. The summed E-state index contributed by atoms with van der Waals surface area (Å²) in [5.74, 6) is 0. The van der Waals surface area contributed by atoms with Crippen LogP contribution in [-0.4, -0.2) is 54.0 Å². The minimum Gasteiger partial charge on any atom is -0.394 e. The van der Waals surface area contributed by atoms with Crippen molar-refractivity contribution in [1.82, 2.24) is 0 Å². The van der Waals surface area contributed by atoms with Gasteiger partial charge in [-0.25, -0.2) is 0 Å². The molecule has 1 heterocycles. The van der Waals surface area contributed by atoms with Gasteiger partial charge in [0.2, 0.25) is 0 Å². The van der Waals surface area contributed by atoms with Crippen molar-refractivity contribution in [2.24, 2.45) is 0 Å². The van der Waals surface area contributed by atoms with E-state index in [-0.39, 0.29) is 18.3 Å². The third-order valence-corrected chi connectivity index (χ3v) is 10.9. The van der Waals surface area contributed by atoms with Gasteiger partial charge in [-0.1, -0.05) is 33.9 Å². The number of hydrogen-bond donors (Lipinski definition) is 3. The topological polar surface area (TPSA) is 69.9 Å². The molecule has 3 N–H and O–H groups in total. The predicted octanol–water partition coefficient (Wildman–Crippen LogP) is 0.517. The van der Waals surface area contributed by atoms with Crippen molar-refractivity contribution in [2.45, 2.75) is 56.3 Å². The fourth-order valence-electron chi connectivity index (χ4n) is 2.07. The quantitative estimate of drug-likeness (QED) is 0.623. The summed E-state index contributed by atoms with van der Waals surface area (Å²) in [7, 11) is -2.15. The standard InChI is InChI=1S/C11H24O4Si/c1-10(2,3)16(4,5)11(14)7-15-8(6-12)9(11)13/h8-9,12-14H,6-7H2,1-5H3/t8-,9-,11-/m1/s1. The van der Waals surface area contributed by atoms with E-state index in [4.69, 9.17) is 9.84 Å². The molecule has 4 nitrogen and oxygen atoms in total. The van der Waals surface area contributed by atoms with Gasteiger partial charge < -0.3 is 20.1 Å². The van der Waals surface area contributed by atoms with E-state index in [0.29, 0.717) is 0 Å². The first-order valence-corrected chi connectivity index (χ1v) is 8.71. The Hall–Kier alpha value is 0.0569. The average molecular weight is 248 g/mol. The number of aliphatic hydroxyl groups is 3. The van der Waals surface area contributed by atoms with Crippen molar-refractivity contribution in [3.05, 3.63) is 0 Å². The molecule has 1 aliphatic rings. The smallest absolute Gasteiger partial charge is 0.110 e. The van der Waals surface area contributed by atoms with Gasteiger partial charge in [0, 0.05) is 0 Å². The third-order valence-electron chi connectivity index (χ3n) is 4.50. The maximum Gasteiger partial charge on any atom is 0.110 e. The van der Waals surface area contributed by atoms with Crippen molar-refractivity contribution < 1.29 is 20.1 Å². The maximum atomic E-state index is 10.7. The zero-order valence-electron chi connectivity index (χ0n) is 10.8. The minimum atomic E-state index is -2.15. The van der Waals surface area contributed by atoms with Gasteiger partial charge in [0.15, 0.2) is 0 Å². The molecule has 1 saturated heterocycles. The van der Waals surface area contributed by atoms with Gasteiger partial charge in [-0.2, -0.15) is 0 Å². The van der Waals surface area contributed by atoms with Gasteiger partial charge in [-0.05, 0) is 5.04 Å². The first-order valence-electron chi connectivity index (χ1n) is 5.71. The lowest BCUT2D eigenvalue weighted by atomic mass is 10.1. The Bertz CT molecular complexity index is 261. The lowest BCUT2D eigenvalue weighted by Crippen LogP contribution is -2.66. The Balaban J connectivity index is 3.04. The summed E-state index contributed by atoms with van der Waals surface area (Å²) in [6.07, 6.45) is -1.64. The third kappa shape index (κ3) is 1.84. The Kier molecular flexibility index (Phi) is 3.59. The Morgan fingerprint density at radius 2 is 1.88 bits per heavy atom. The largest absolute Gasteiger partial charge is 0.394 e. The van der Waals surface area contributed by atoms with E-state index in [9.17, 15) is 10.2 Å². The number of hydrogen-bond acceptors (Lipinski definition) is 4. The normalized spacial score (nSPS) is 36.8. The highest BCUT2D eigenvalue weighted by molar-refractivity contribution is 6.83. The molecule has 0 radical (unpaired) electrons. The van der Waals surface area contributed by atoms with E-state index in [0.717, 1.165) is 0 Å². The molecule has 0 saturated carbocycles. The second kappa shape index (κ2) is 4.06. The summed E-state index contributed by atoms with van der Waals surface area (Å²) >= 11 is 0. The Morgan fingerprint density at radius 1 is 1.38 bits per heavy atom. The van der Waals surface area contributed by atoms with Crippen molar-refractivity contribution in [3.63, 3.8) is 0 Å². The van der Waals surface area contributed by atoms with E-state index in [1.165, 1.54) is 0 Å². The zero-order valence-corrected chi connectivity index (χ0v) is 11.8. The summed E-state index contributed by atoms with van der Waals surface area (Å²) in [6, 6.07) is 0. The molecule has 0 bridgehead atoms. The number of ether oxygens (including phenoxy) is 1. The average Bonchev–Trinajstić information content (AvgIpc) is 2.43. The fourth-order valence-corrected chi connectivity index (χ4v) is 4.74. The SMILES string of the molecule is CC(C)(C)[Si](C)(C)[C@]1(O)CO[C@H](CO)[C@H]1O. The number of aliphatic hydroxyl groups excluding tert-OH is 2. The minimum absolute atomic E-state index is 0.0452. The summed E-state index contributed by atoms with van der Waals surface area (Å²) in [4.78, 5) is 0. The second-order valence-corrected chi connectivity index (χ2v) is 11.9. The van der Waals surface area contributed by atoms with Crippen LogP contribution in [0.3, 0.4) is 0 Å². The highest BCUT2D eigenvalue weighted by Crippen LogP contribution is 2.46. The molecule has 0 amide bonds. The molecule has 96 valence electrons. The molecule has 16 heavy (non-hydrogen) atoms. The van der Waals surface area contributed by atoms with E-state index >= 15 is 0 Å². The van der Waals surface area contributed by atoms with Gasteiger partial charge in [0.25, 0.3) is 0 Å². The summed E-state index contributed by atoms with van der Waals surface area (Å²) in [5, 5.41) is 28.6. The van der Waals surface area contributed by atoms with Crippen LogP contribution in [0.15, 0.2) is 0 Å². The first kappa shape index (κ1) is 14.1. The lowest BCUT2D eigenvalue weighted by Gasteiger charge is -2.48. The zero-order chi connectivity index (χ0) is 12.8. The Morgan fingerprint density at radius 3 is 2.19 bits per heavy atom. The highest BCUT2D eigenvalue weighted by atomic mass is 28.3. The van der Waals surface area contributed by atoms with Crippen LogP contribution in [0, 0.1) is 0 Å². The van der Waals surface area contributed by atoms with Gasteiger partial charge in [0.1, 0.15) is 17.4 Å². The summed E-state index contributed by atoms with van der Waals surface area (Å²) in [5.41, 5.74) is 0. The van der Waals surface area contributed by atoms with Crippen molar-refractivity contribution in [1.29, 1.82) is 0 Å². The molecule has 1 rings (SSSR count). The molecule has 0 aromatic rings. The van der Waals surface area contributed by atoms with E-state index < -0.39 is 25.5 Å². The summed E-state index contributed by atoms with van der Waals surface area (Å²) in [6.45, 7) is 10.2. The molecule has 0 aliphatic carbocycles. The van der Waals surface area contributed by atoms with Crippen LogP contribution in [0.4, 0.5) is 0 Å². The summed E-state index contributed by atoms with van der Waals surface area (Å²) < 4.78 is 5.30. The van der Waals surface area contributed by atoms with Gasteiger partial charge in [-0.15, -0.1) is 0 Å². The molecule has 0 unspecified atom stereocenters. The van der Waals surface area contributed by atoms with Crippen LogP contribution in [0.2, 0.25) is 18.1 Å². The van der Waals surface area contributed by atoms with Gasteiger partial charge >= 0.3 is 0 Å². The highest BCUT2D eigenvalue weighted by Gasteiger charge is 2.61. The lowest BCUT2D eigenvalue weighted by molar-refractivity contribution is -0.0199. The van der Waals surface area contributed by atoms with E-state index in [1.807, 2.05) is 0 Å². The monoisotopic (exact) mass is 248 g/mol. The Labute approximate surface area is 98.3 Å². The molecule has 1 aliphatic heterocycles. The van der Waals surface area contributed by atoms with Crippen LogP contribution in [-0.2, 0) is 4.74 Å². The van der Waals surface area contributed by atoms with Crippen LogP contribution in [0.5, 0.6) is 0 Å². The van der Waals surface area contributed by atoms with E-state index in [2.05, 4.69) is 33.9 Å².